The summed E-state index contributed by atoms with van der Waals surface area (Å²) < 4.78 is 3.27. The van der Waals surface area contributed by atoms with Crippen LogP contribution in [-0.2, 0) is 0 Å². The van der Waals surface area contributed by atoms with E-state index in [1.807, 2.05) is 17.0 Å². The molecule has 1 aliphatic rings. The molecule has 1 atom stereocenters. The van der Waals surface area contributed by atoms with Gasteiger partial charge in [-0.2, -0.15) is 0 Å². The van der Waals surface area contributed by atoms with Gasteiger partial charge in [0.05, 0.1) is 5.52 Å². The molecule has 4 heterocycles. The maximum absolute atomic E-state index is 12.5. The number of hydrogen-bond donors (Lipinski definition) is 1. The predicted octanol–water partition coefficient (Wildman–Crippen LogP) is 1.62. The number of H-pyrrole nitrogens is 1. The predicted molar refractivity (Wildman–Crippen MR) is 87.8 cm³/mol. The van der Waals surface area contributed by atoms with E-state index in [4.69, 9.17) is 0 Å². The number of aromatic nitrogens is 5. The number of likely N-dealkylation sites (tertiary alicyclic amines) is 1. The van der Waals surface area contributed by atoms with E-state index in [-0.39, 0.29) is 17.8 Å². The third-order valence-electron chi connectivity index (χ3n) is 4.55. The molecule has 1 fully saturated rings. The molecule has 24 heavy (non-hydrogen) atoms. The second-order valence-corrected chi connectivity index (χ2v) is 6.00. The number of rotatable bonds is 1. The fourth-order valence-corrected chi connectivity index (χ4v) is 3.38. The number of nitrogens with one attached hydrogen (secondary N) is 1. The van der Waals surface area contributed by atoms with Crippen molar-refractivity contribution in [1.29, 1.82) is 0 Å². The Morgan fingerprint density at radius 2 is 2.17 bits per heavy atom. The van der Waals surface area contributed by atoms with E-state index in [1.54, 1.807) is 23.2 Å². The lowest BCUT2D eigenvalue weighted by molar-refractivity contribution is 0.201. The number of carbonyl (C=O) groups excluding carboxylic acids is 1. The van der Waals surface area contributed by atoms with Gasteiger partial charge in [0, 0.05) is 37.7 Å². The minimum Gasteiger partial charge on any atom is -0.324 e. The molecule has 0 aromatic carbocycles. The fraction of sp³-hybridized carbons (Fsp3) is 0.375. The second-order valence-electron chi connectivity index (χ2n) is 6.00. The highest BCUT2D eigenvalue weighted by Gasteiger charge is 2.24. The zero-order valence-electron chi connectivity index (χ0n) is 13.1. The van der Waals surface area contributed by atoms with Crippen LogP contribution in [0, 0.1) is 0 Å². The summed E-state index contributed by atoms with van der Waals surface area (Å²) in [5, 5.41) is 0. The summed E-state index contributed by atoms with van der Waals surface area (Å²) in [4.78, 5) is 37.5. The van der Waals surface area contributed by atoms with Gasteiger partial charge in [0.2, 0.25) is 0 Å². The largest absolute Gasteiger partial charge is 0.329 e. The number of amides is 1. The molecule has 1 unspecified atom stereocenters. The monoisotopic (exact) mass is 326 g/mol. The van der Waals surface area contributed by atoms with E-state index in [1.165, 1.54) is 10.9 Å². The molecule has 0 bridgehead atoms. The summed E-state index contributed by atoms with van der Waals surface area (Å²) in [6, 6.07) is 3.73. The maximum atomic E-state index is 12.5. The Morgan fingerprint density at radius 1 is 1.25 bits per heavy atom. The molecule has 0 aliphatic carbocycles. The van der Waals surface area contributed by atoms with Crippen molar-refractivity contribution in [2.45, 2.75) is 25.3 Å². The molecule has 1 N–H and O–H groups in total. The van der Waals surface area contributed by atoms with Crippen LogP contribution in [-0.4, -0.2) is 48.1 Å². The number of imidazole rings is 2. The molecule has 3 aromatic heterocycles. The third-order valence-corrected chi connectivity index (χ3v) is 4.55. The van der Waals surface area contributed by atoms with Crippen molar-refractivity contribution in [2.75, 3.05) is 13.1 Å². The van der Waals surface area contributed by atoms with Gasteiger partial charge in [0.15, 0.2) is 5.65 Å². The Kier molecular flexibility index (Phi) is 3.64. The van der Waals surface area contributed by atoms with Crippen molar-refractivity contribution in [2.24, 2.45) is 0 Å². The normalized spacial score (nSPS) is 18.7. The van der Waals surface area contributed by atoms with Gasteiger partial charge in [0.1, 0.15) is 6.33 Å². The number of pyridine rings is 1. The average molecular weight is 326 g/mol. The first-order valence-electron chi connectivity index (χ1n) is 8.06. The number of aromatic amines is 1. The summed E-state index contributed by atoms with van der Waals surface area (Å²) >= 11 is 0. The van der Waals surface area contributed by atoms with Crippen LogP contribution in [0.15, 0.2) is 41.8 Å². The van der Waals surface area contributed by atoms with Crippen molar-refractivity contribution in [3.63, 3.8) is 0 Å². The topological polar surface area (TPSA) is 88.8 Å². The zero-order valence-corrected chi connectivity index (χ0v) is 13.1. The third kappa shape index (κ3) is 2.49. The van der Waals surface area contributed by atoms with E-state index in [0.717, 1.165) is 24.8 Å². The van der Waals surface area contributed by atoms with Gasteiger partial charge in [-0.3, -0.25) is 14.1 Å². The van der Waals surface area contributed by atoms with Crippen LogP contribution in [0.5, 0.6) is 0 Å². The molecule has 3 aromatic rings. The van der Waals surface area contributed by atoms with Crippen molar-refractivity contribution < 1.29 is 4.79 Å². The molecular weight excluding hydrogens is 308 g/mol. The molecule has 1 amide bonds. The molecule has 8 heteroatoms. The Labute approximate surface area is 137 Å². The van der Waals surface area contributed by atoms with Gasteiger partial charge in [-0.25, -0.2) is 19.6 Å². The molecule has 8 nitrogen and oxygen atoms in total. The van der Waals surface area contributed by atoms with Crippen LogP contribution in [0.25, 0.3) is 11.2 Å². The van der Waals surface area contributed by atoms with Crippen molar-refractivity contribution in [3.8, 4) is 0 Å². The van der Waals surface area contributed by atoms with Gasteiger partial charge in [-0.1, -0.05) is 0 Å². The molecular formula is C16H18N6O2. The first-order chi connectivity index (χ1) is 11.7. The van der Waals surface area contributed by atoms with Crippen molar-refractivity contribution >= 4 is 17.2 Å². The Hall–Kier alpha value is -2.90. The van der Waals surface area contributed by atoms with Crippen LogP contribution in [0.3, 0.4) is 0 Å². The van der Waals surface area contributed by atoms with Crippen LogP contribution in [0.2, 0.25) is 0 Å². The highest BCUT2D eigenvalue weighted by atomic mass is 16.2. The van der Waals surface area contributed by atoms with Crippen molar-refractivity contribution in [1.82, 2.24) is 29.0 Å². The maximum Gasteiger partial charge on any atom is 0.329 e. The SMILES string of the molecule is O=C(N1CCCC(n2c(=O)[nH]c3ncccc32)CC1)n1ccnc1. The van der Waals surface area contributed by atoms with Gasteiger partial charge in [-0.15, -0.1) is 0 Å². The van der Waals surface area contributed by atoms with E-state index in [9.17, 15) is 9.59 Å². The fourth-order valence-electron chi connectivity index (χ4n) is 3.38. The molecule has 1 saturated heterocycles. The summed E-state index contributed by atoms with van der Waals surface area (Å²) in [7, 11) is 0. The second kappa shape index (κ2) is 5.95. The quantitative estimate of drug-likeness (QED) is 0.736. The number of fused-ring (bicyclic) bond motifs is 1. The lowest BCUT2D eigenvalue weighted by Gasteiger charge is -2.20. The number of nitrogens with zero attached hydrogens (tertiary/aromatic N) is 5. The molecule has 0 saturated carbocycles. The Balaban J connectivity index is 1.57. The summed E-state index contributed by atoms with van der Waals surface area (Å²) in [5.41, 5.74) is 1.29. The lowest BCUT2D eigenvalue weighted by Crippen LogP contribution is -2.35. The van der Waals surface area contributed by atoms with Gasteiger partial charge >= 0.3 is 11.7 Å². The van der Waals surface area contributed by atoms with Gasteiger partial charge in [-0.05, 0) is 31.4 Å². The first-order valence-corrected chi connectivity index (χ1v) is 8.06. The summed E-state index contributed by atoms with van der Waals surface area (Å²) in [5.74, 6) is 0. The molecule has 0 radical (unpaired) electrons. The van der Waals surface area contributed by atoms with E-state index in [2.05, 4.69) is 15.0 Å². The van der Waals surface area contributed by atoms with Gasteiger partial charge in [0.25, 0.3) is 0 Å². The molecule has 124 valence electrons. The zero-order chi connectivity index (χ0) is 16.5. The van der Waals surface area contributed by atoms with Crippen LogP contribution in [0.1, 0.15) is 25.3 Å². The van der Waals surface area contributed by atoms with Crippen LogP contribution < -0.4 is 5.69 Å². The minimum absolute atomic E-state index is 0.0658. The first kappa shape index (κ1) is 14.7. The average Bonchev–Trinajstić information content (AvgIpc) is 3.16. The molecule has 4 rings (SSSR count). The van der Waals surface area contributed by atoms with E-state index < -0.39 is 0 Å². The van der Waals surface area contributed by atoms with Crippen LogP contribution >= 0.6 is 0 Å². The smallest absolute Gasteiger partial charge is 0.324 e. The molecule has 0 spiro atoms. The Morgan fingerprint density at radius 3 is 3.00 bits per heavy atom. The highest BCUT2D eigenvalue weighted by molar-refractivity contribution is 5.76. The van der Waals surface area contributed by atoms with Crippen LogP contribution in [0.4, 0.5) is 4.79 Å². The number of hydrogen-bond acceptors (Lipinski definition) is 4. The Bertz CT molecular complexity index is 910. The summed E-state index contributed by atoms with van der Waals surface area (Å²) in [6.07, 6.45) is 8.88. The van der Waals surface area contributed by atoms with E-state index in [0.29, 0.717) is 18.7 Å². The summed E-state index contributed by atoms with van der Waals surface area (Å²) in [6.45, 7) is 1.30. The highest BCUT2D eigenvalue weighted by Crippen LogP contribution is 2.24. The number of carbonyl (C=O) groups is 1. The lowest BCUT2D eigenvalue weighted by atomic mass is 10.1. The van der Waals surface area contributed by atoms with Gasteiger partial charge < -0.3 is 4.90 Å². The molecule has 1 aliphatic heterocycles. The standard InChI is InChI=1S/C16H18N6O2/c23-15-19-14-13(4-1-6-18-14)22(15)12-3-2-8-20(9-5-12)16(24)21-10-7-17-11-21/h1,4,6-7,10-12H,2-3,5,8-9H2,(H,18,19,23). The van der Waals surface area contributed by atoms with Crippen molar-refractivity contribution in [3.05, 3.63) is 47.5 Å². The van der Waals surface area contributed by atoms with E-state index >= 15 is 0 Å². The minimum atomic E-state index is -0.136.